The number of hydrogen-bond donors (Lipinski definition) is 1. The predicted molar refractivity (Wildman–Crippen MR) is 76.2 cm³/mol. The van der Waals surface area contributed by atoms with E-state index in [-0.39, 0.29) is 18.9 Å². The van der Waals surface area contributed by atoms with Gasteiger partial charge in [0.25, 0.3) is 0 Å². The van der Waals surface area contributed by atoms with Crippen molar-refractivity contribution in [3.05, 3.63) is 23.8 Å². The first-order valence-corrected chi connectivity index (χ1v) is 7.99. The van der Waals surface area contributed by atoms with Gasteiger partial charge in [-0.25, -0.2) is 13.6 Å². The van der Waals surface area contributed by atoms with Crippen LogP contribution in [0.1, 0.15) is 18.9 Å². The fourth-order valence-electron chi connectivity index (χ4n) is 2.24. The zero-order chi connectivity index (χ0) is 14.9. The molecule has 0 aromatic heterocycles. The fraction of sp³-hybridized carbons (Fsp3) is 0.462. The Bertz CT molecular complexity index is 627. The van der Waals surface area contributed by atoms with Crippen molar-refractivity contribution in [2.75, 3.05) is 18.1 Å². The number of primary sulfonamides is 1. The van der Waals surface area contributed by atoms with Gasteiger partial charge < -0.3 is 9.64 Å². The minimum atomic E-state index is -3.71. The van der Waals surface area contributed by atoms with Crippen molar-refractivity contribution >= 4 is 21.6 Å². The van der Waals surface area contributed by atoms with Gasteiger partial charge >= 0.3 is 0 Å². The summed E-state index contributed by atoms with van der Waals surface area (Å²) in [5.41, 5.74) is 1.57. The second-order valence-electron chi connectivity index (χ2n) is 4.82. The molecule has 0 radical (unpaired) electrons. The molecule has 1 aromatic carbocycles. The summed E-state index contributed by atoms with van der Waals surface area (Å²) in [6, 6.07) is 5.48. The Kier molecular flexibility index (Phi) is 4.01. The molecule has 0 saturated carbocycles. The maximum atomic E-state index is 12.0. The van der Waals surface area contributed by atoms with E-state index in [0.29, 0.717) is 18.0 Å². The lowest BCUT2D eigenvalue weighted by molar-refractivity contribution is -0.117. The van der Waals surface area contributed by atoms with Crippen LogP contribution in [0.2, 0.25) is 0 Å². The highest BCUT2D eigenvalue weighted by Crippen LogP contribution is 2.33. The number of aryl methyl sites for hydroxylation is 1. The van der Waals surface area contributed by atoms with Gasteiger partial charge in [0.05, 0.1) is 12.3 Å². The average molecular weight is 298 g/mol. The molecule has 2 N–H and O–H groups in total. The number of hydrogen-bond acceptors (Lipinski definition) is 4. The Morgan fingerprint density at radius 3 is 2.70 bits per heavy atom. The highest BCUT2D eigenvalue weighted by molar-refractivity contribution is 7.89. The summed E-state index contributed by atoms with van der Waals surface area (Å²) in [5, 5.41) is 4.28. The van der Waals surface area contributed by atoms with Crippen LogP contribution in [-0.2, 0) is 14.8 Å². The SMILES string of the molecule is CCOc1ccc(C)cc1N1CC(S(N)(=O)=O)CC1=O. The molecule has 1 aliphatic heterocycles. The highest BCUT2D eigenvalue weighted by atomic mass is 32.2. The predicted octanol–water partition coefficient (Wildman–Crippen LogP) is 0.788. The molecule has 2 rings (SSSR count). The monoisotopic (exact) mass is 298 g/mol. The van der Waals surface area contributed by atoms with E-state index in [1.807, 2.05) is 26.0 Å². The first kappa shape index (κ1) is 14.8. The molecule has 1 amide bonds. The average Bonchev–Trinajstić information content (AvgIpc) is 2.74. The number of anilines is 1. The lowest BCUT2D eigenvalue weighted by Gasteiger charge is -2.20. The zero-order valence-corrected chi connectivity index (χ0v) is 12.3. The van der Waals surface area contributed by atoms with Gasteiger partial charge in [-0.1, -0.05) is 6.07 Å². The van der Waals surface area contributed by atoms with Crippen molar-refractivity contribution < 1.29 is 17.9 Å². The Morgan fingerprint density at radius 1 is 1.45 bits per heavy atom. The molecule has 0 aliphatic carbocycles. The lowest BCUT2D eigenvalue weighted by Crippen LogP contribution is -2.32. The summed E-state index contributed by atoms with van der Waals surface area (Å²) < 4.78 is 28.3. The highest BCUT2D eigenvalue weighted by Gasteiger charge is 2.38. The van der Waals surface area contributed by atoms with Gasteiger partial charge in [-0.3, -0.25) is 4.79 Å². The number of benzene rings is 1. The van der Waals surface area contributed by atoms with E-state index in [9.17, 15) is 13.2 Å². The zero-order valence-electron chi connectivity index (χ0n) is 11.5. The summed E-state index contributed by atoms with van der Waals surface area (Å²) in [6.45, 7) is 4.29. The molecule has 6 nitrogen and oxygen atoms in total. The van der Waals surface area contributed by atoms with Crippen LogP contribution in [0.5, 0.6) is 5.75 Å². The van der Waals surface area contributed by atoms with E-state index in [0.717, 1.165) is 5.56 Å². The standard InChI is InChI=1S/C13H18N2O4S/c1-3-19-12-5-4-9(2)6-11(12)15-8-10(7-13(15)16)20(14,17)18/h4-6,10H,3,7-8H2,1-2H3,(H2,14,17,18). The van der Waals surface area contributed by atoms with Crippen molar-refractivity contribution in [1.82, 2.24) is 0 Å². The molecule has 1 heterocycles. The van der Waals surface area contributed by atoms with Crippen LogP contribution >= 0.6 is 0 Å². The third kappa shape index (κ3) is 2.94. The second kappa shape index (κ2) is 5.41. The third-order valence-electron chi connectivity index (χ3n) is 3.26. The summed E-state index contributed by atoms with van der Waals surface area (Å²) in [5.74, 6) is 0.317. The number of nitrogens with zero attached hydrogens (tertiary/aromatic N) is 1. The summed E-state index contributed by atoms with van der Waals surface area (Å²) in [6.07, 6.45) is -0.0850. The van der Waals surface area contributed by atoms with Gasteiger partial charge in [0.2, 0.25) is 15.9 Å². The van der Waals surface area contributed by atoms with Crippen molar-refractivity contribution in [2.24, 2.45) is 5.14 Å². The van der Waals surface area contributed by atoms with Crippen molar-refractivity contribution in [2.45, 2.75) is 25.5 Å². The molecule has 1 saturated heterocycles. The van der Waals surface area contributed by atoms with Crippen molar-refractivity contribution in [3.63, 3.8) is 0 Å². The molecule has 110 valence electrons. The summed E-state index contributed by atoms with van der Waals surface area (Å²) >= 11 is 0. The summed E-state index contributed by atoms with van der Waals surface area (Å²) in [7, 11) is -3.71. The Balaban J connectivity index is 2.37. The number of nitrogens with two attached hydrogens (primary N) is 1. The van der Waals surface area contributed by atoms with Gasteiger partial charge in [0.1, 0.15) is 11.0 Å². The van der Waals surface area contributed by atoms with Crippen LogP contribution in [0.4, 0.5) is 5.69 Å². The molecule has 1 fully saturated rings. The van der Waals surface area contributed by atoms with E-state index in [1.165, 1.54) is 4.90 Å². The van der Waals surface area contributed by atoms with E-state index in [1.54, 1.807) is 6.07 Å². The number of rotatable bonds is 4. The van der Waals surface area contributed by atoms with E-state index in [2.05, 4.69) is 0 Å². The van der Waals surface area contributed by atoms with Crippen LogP contribution in [0, 0.1) is 6.92 Å². The Morgan fingerprint density at radius 2 is 2.15 bits per heavy atom. The maximum Gasteiger partial charge on any atom is 0.228 e. The van der Waals surface area contributed by atoms with Gasteiger partial charge in [-0.05, 0) is 31.5 Å². The molecule has 7 heteroatoms. The fourth-order valence-corrected chi connectivity index (χ4v) is 2.98. The molecule has 0 spiro atoms. The quantitative estimate of drug-likeness (QED) is 0.889. The molecular weight excluding hydrogens is 280 g/mol. The Labute approximate surface area is 118 Å². The minimum absolute atomic E-state index is 0.0706. The molecule has 1 aliphatic rings. The molecule has 1 atom stereocenters. The molecule has 1 aromatic rings. The first-order chi connectivity index (χ1) is 9.32. The Hall–Kier alpha value is -1.60. The molecular formula is C13H18N2O4S. The lowest BCUT2D eigenvalue weighted by atomic mass is 10.2. The van der Waals surface area contributed by atoms with E-state index in [4.69, 9.17) is 9.88 Å². The smallest absolute Gasteiger partial charge is 0.228 e. The topological polar surface area (TPSA) is 89.7 Å². The third-order valence-corrected chi connectivity index (χ3v) is 4.50. The minimum Gasteiger partial charge on any atom is -0.492 e. The van der Waals surface area contributed by atoms with Crippen molar-refractivity contribution in [1.29, 1.82) is 0 Å². The molecule has 1 unspecified atom stereocenters. The van der Waals surface area contributed by atoms with Crippen LogP contribution in [0.15, 0.2) is 18.2 Å². The van der Waals surface area contributed by atoms with Gasteiger partial charge in [-0.2, -0.15) is 0 Å². The van der Waals surface area contributed by atoms with E-state index < -0.39 is 15.3 Å². The van der Waals surface area contributed by atoms with Gasteiger partial charge in [-0.15, -0.1) is 0 Å². The van der Waals surface area contributed by atoms with Crippen LogP contribution in [0.3, 0.4) is 0 Å². The largest absolute Gasteiger partial charge is 0.492 e. The van der Waals surface area contributed by atoms with Crippen LogP contribution in [-0.4, -0.2) is 32.7 Å². The maximum absolute atomic E-state index is 12.0. The first-order valence-electron chi connectivity index (χ1n) is 6.38. The number of amides is 1. The normalized spacial score (nSPS) is 19.4. The second-order valence-corrected chi connectivity index (χ2v) is 6.67. The number of carbonyl (C=O) groups is 1. The van der Waals surface area contributed by atoms with Crippen LogP contribution in [0.25, 0.3) is 0 Å². The van der Waals surface area contributed by atoms with Crippen molar-refractivity contribution in [3.8, 4) is 5.75 Å². The summed E-state index contributed by atoms with van der Waals surface area (Å²) in [4.78, 5) is 13.5. The molecule has 0 bridgehead atoms. The molecule has 20 heavy (non-hydrogen) atoms. The van der Waals surface area contributed by atoms with Gasteiger partial charge in [0, 0.05) is 13.0 Å². The number of sulfonamides is 1. The van der Waals surface area contributed by atoms with E-state index >= 15 is 0 Å². The van der Waals surface area contributed by atoms with Gasteiger partial charge in [0.15, 0.2) is 0 Å². The number of ether oxygens (including phenoxy) is 1. The van der Waals surface area contributed by atoms with Crippen LogP contribution < -0.4 is 14.8 Å². The number of carbonyl (C=O) groups excluding carboxylic acids is 1.